The minimum Gasteiger partial charge on any atom is -0.366 e. The number of fused-ring (bicyclic) bond motifs is 1. The van der Waals surface area contributed by atoms with Crippen LogP contribution in [-0.2, 0) is 19.4 Å². The fourth-order valence-corrected chi connectivity index (χ4v) is 3.14. The smallest absolute Gasteiger partial charge is 0.248 e. The van der Waals surface area contributed by atoms with Crippen LogP contribution >= 0.6 is 0 Å². The number of carbonyl (C=O) groups is 1. The Morgan fingerprint density at radius 3 is 2.91 bits per heavy atom. The summed E-state index contributed by atoms with van der Waals surface area (Å²) < 4.78 is 0. The van der Waals surface area contributed by atoms with E-state index in [2.05, 4.69) is 5.32 Å². The molecule has 2 aliphatic rings. The average Bonchev–Trinajstić information content (AvgIpc) is 3.30. The minimum atomic E-state index is -0.397. The van der Waals surface area contributed by atoms with Crippen molar-refractivity contribution in [3.8, 4) is 0 Å². The molecule has 0 aliphatic heterocycles. The molecule has 23 heavy (non-hydrogen) atoms. The molecule has 2 aliphatic carbocycles. The molecular weight excluding hydrogens is 288 g/mol. The maximum Gasteiger partial charge on any atom is 0.248 e. The molecule has 1 fully saturated rings. The van der Waals surface area contributed by atoms with Gasteiger partial charge in [-0.2, -0.15) is 0 Å². The molecule has 118 valence electrons. The van der Waals surface area contributed by atoms with Gasteiger partial charge in [-0.05, 0) is 49.8 Å². The van der Waals surface area contributed by atoms with Crippen LogP contribution in [0.15, 0.2) is 24.3 Å². The average molecular weight is 308 g/mol. The molecule has 1 heterocycles. The van der Waals surface area contributed by atoms with Crippen LogP contribution in [0.4, 0.5) is 5.82 Å². The van der Waals surface area contributed by atoms with Gasteiger partial charge in [0.05, 0.1) is 0 Å². The summed E-state index contributed by atoms with van der Waals surface area (Å²) in [6, 6.07) is 7.41. The summed E-state index contributed by atoms with van der Waals surface area (Å²) in [5.41, 5.74) is 9.39. The summed E-state index contributed by atoms with van der Waals surface area (Å²) in [4.78, 5) is 20.8. The van der Waals surface area contributed by atoms with Gasteiger partial charge in [0.2, 0.25) is 5.91 Å². The number of amides is 1. The molecule has 1 aromatic carbocycles. The highest BCUT2D eigenvalue weighted by Gasteiger charge is 2.29. The van der Waals surface area contributed by atoms with Gasteiger partial charge in [0.25, 0.3) is 0 Å². The van der Waals surface area contributed by atoms with Crippen molar-refractivity contribution >= 4 is 11.7 Å². The van der Waals surface area contributed by atoms with Gasteiger partial charge in [-0.15, -0.1) is 0 Å². The first kappa shape index (κ1) is 14.2. The molecule has 0 saturated heterocycles. The number of aryl methyl sites for hydroxylation is 1. The van der Waals surface area contributed by atoms with Crippen LogP contribution in [0.25, 0.3) is 0 Å². The summed E-state index contributed by atoms with van der Waals surface area (Å²) in [6.07, 6.45) is 5.68. The number of carbonyl (C=O) groups excluding carboxylic acids is 1. The molecule has 0 atom stereocenters. The lowest BCUT2D eigenvalue weighted by molar-refractivity contribution is 0.1000. The molecule has 4 rings (SSSR count). The fraction of sp³-hybridized carbons (Fsp3) is 0.389. The molecule has 0 radical (unpaired) electrons. The second kappa shape index (κ2) is 5.65. The molecule has 5 nitrogen and oxygen atoms in total. The number of nitrogens with two attached hydrogens (primary N) is 1. The van der Waals surface area contributed by atoms with Crippen molar-refractivity contribution in [2.75, 3.05) is 5.32 Å². The van der Waals surface area contributed by atoms with Gasteiger partial charge in [-0.25, -0.2) is 9.97 Å². The van der Waals surface area contributed by atoms with Crippen LogP contribution in [-0.4, -0.2) is 15.9 Å². The van der Waals surface area contributed by atoms with Crippen molar-refractivity contribution in [2.45, 2.75) is 44.6 Å². The predicted molar refractivity (Wildman–Crippen MR) is 88.3 cm³/mol. The lowest BCUT2D eigenvalue weighted by Gasteiger charge is -2.12. The molecule has 1 amide bonds. The summed E-state index contributed by atoms with van der Waals surface area (Å²) in [5, 5.41) is 3.45. The maximum absolute atomic E-state index is 11.3. The third-order valence-corrected chi connectivity index (χ3v) is 4.56. The Morgan fingerprint density at radius 2 is 2.13 bits per heavy atom. The fourth-order valence-electron chi connectivity index (χ4n) is 3.14. The van der Waals surface area contributed by atoms with Crippen LogP contribution in [0, 0.1) is 0 Å². The van der Waals surface area contributed by atoms with E-state index in [0.717, 1.165) is 36.5 Å². The highest BCUT2D eigenvalue weighted by atomic mass is 16.1. The third kappa shape index (κ3) is 2.91. The quantitative estimate of drug-likeness (QED) is 0.889. The lowest BCUT2D eigenvalue weighted by Crippen LogP contribution is -2.12. The number of hydrogen-bond acceptors (Lipinski definition) is 4. The molecule has 2 aromatic rings. The monoisotopic (exact) mass is 308 g/mol. The summed E-state index contributed by atoms with van der Waals surface area (Å²) in [7, 11) is 0. The zero-order valence-electron chi connectivity index (χ0n) is 13.0. The number of primary amides is 1. The van der Waals surface area contributed by atoms with Gasteiger partial charge in [-0.1, -0.05) is 12.1 Å². The van der Waals surface area contributed by atoms with Gasteiger partial charge < -0.3 is 11.1 Å². The Kier molecular flexibility index (Phi) is 3.48. The molecule has 3 N–H and O–H groups in total. The summed E-state index contributed by atoms with van der Waals surface area (Å²) >= 11 is 0. The molecule has 0 unspecified atom stereocenters. The third-order valence-electron chi connectivity index (χ3n) is 4.56. The molecule has 0 spiro atoms. The molecule has 1 saturated carbocycles. The van der Waals surface area contributed by atoms with Crippen molar-refractivity contribution < 1.29 is 4.79 Å². The Labute approximate surface area is 135 Å². The van der Waals surface area contributed by atoms with Crippen LogP contribution in [0.1, 0.15) is 58.2 Å². The van der Waals surface area contributed by atoms with Crippen LogP contribution in [0.3, 0.4) is 0 Å². The van der Waals surface area contributed by atoms with Crippen molar-refractivity contribution in [1.82, 2.24) is 9.97 Å². The van der Waals surface area contributed by atoms with E-state index in [0.29, 0.717) is 18.0 Å². The van der Waals surface area contributed by atoms with Gasteiger partial charge in [0.15, 0.2) is 0 Å². The zero-order valence-corrected chi connectivity index (χ0v) is 13.0. The van der Waals surface area contributed by atoms with Gasteiger partial charge >= 0.3 is 0 Å². The number of aromatic nitrogens is 2. The second-order valence-electron chi connectivity index (χ2n) is 6.40. The molecule has 5 heteroatoms. The second-order valence-corrected chi connectivity index (χ2v) is 6.40. The first-order chi connectivity index (χ1) is 11.2. The normalized spacial score (nSPS) is 16.2. The van der Waals surface area contributed by atoms with Gasteiger partial charge in [0, 0.05) is 29.3 Å². The predicted octanol–water partition coefficient (Wildman–Crippen LogP) is 2.55. The van der Waals surface area contributed by atoms with Crippen molar-refractivity contribution in [2.24, 2.45) is 5.73 Å². The van der Waals surface area contributed by atoms with Crippen molar-refractivity contribution in [3.63, 3.8) is 0 Å². The van der Waals surface area contributed by atoms with Crippen molar-refractivity contribution in [1.29, 1.82) is 0 Å². The van der Waals surface area contributed by atoms with Crippen molar-refractivity contribution in [3.05, 3.63) is 52.5 Å². The Balaban J connectivity index is 1.57. The standard InChI is InChI=1S/C18H20N4O/c19-16(23)13-4-1-3-11(9-13)10-20-18-14-5-2-6-15(14)21-17(22-18)12-7-8-12/h1,3-4,9,12H,2,5-8,10H2,(H2,19,23)(H,20,21,22). The number of benzene rings is 1. The lowest BCUT2D eigenvalue weighted by atomic mass is 10.1. The summed E-state index contributed by atoms with van der Waals surface area (Å²) in [6.45, 7) is 0.634. The number of rotatable bonds is 5. The first-order valence-electron chi connectivity index (χ1n) is 8.23. The number of hydrogen-bond donors (Lipinski definition) is 2. The van der Waals surface area contributed by atoms with E-state index in [9.17, 15) is 4.79 Å². The van der Waals surface area contributed by atoms with Crippen LogP contribution < -0.4 is 11.1 Å². The van der Waals surface area contributed by atoms with E-state index in [1.165, 1.54) is 24.1 Å². The zero-order chi connectivity index (χ0) is 15.8. The van der Waals surface area contributed by atoms with E-state index < -0.39 is 5.91 Å². The number of anilines is 1. The maximum atomic E-state index is 11.3. The van der Waals surface area contributed by atoms with Gasteiger partial charge in [0.1, 0.15) is 11.6 Å². The van der Waals surface area contributed by atoms with E-state index in [1.54, 1.807) is 6.07 Å². The number of nitrogens with one attached hydrogen (secondary N) is 1. The number of nitrogens with zero attached hydrogens (tertiary/aromatic N) is 2. The molecule has 0 bridgehead atoms. The van der Waals surface area contributed by atoms with E-state index in [4.69, 9.17) is 15.7 Å². The van der Waals surface area contributed by atoms with E-state index in [1.807, 2.05) is 18.2 Å². The van der Waals surface area contributed by atoms with Crippen LogP contribution in [0.2, 0.25) is 0 Å². The highest BCUT2D eigenvalue weighted by Crippen LogP contribution is 2.40. The summed E-state index contributed by atoms with van der Waals surface area (Å²) in [5.74, 6) is 2.13. The largest absolute Gasteiger partial charge is 0.366 e. The van der Waals surface area contributed by atoms with E-state index >= 15 is 0 Å². The first-order valence-corrected chi connectivity index (χ1v) is 8.23. The minimum absolute atomic E-state index is 0.397. The van der Waals surface area contributed by atoms with Crippen LogP contribution in [0.5, 0.6) is 0 Å². The molecule has 1 aromatic heterocycles. The Bertz CT molecular complexity index is 768. The SMILES string of the molecule is NC(=O)c1cccc(CNc2nc(C3CC3)nc3c2CCC3)c1. The molecular formula is C18H20N4O. The van der Waals surface area contributed by atoms with Gasteiger partial charge in [-0.3, -0.25) is 4.79 Å². The topological polar surface area (TPSA) is 80.9 Å². The Hall–Kier alpha value is -2.43. The Morgan fingerprint density at radius 1 is 1.26 bits per heavy atom. The van der Waals surface area contributed by atoms with E-state index in [-0.39, 0.29) is 0 Å². The highest BCUT2D eigenvalue weighted by molar-refractivity contribution is 5.92.